The molecule has 10 rings (SSSR count). The summed E-state index contributed by atoms with van der Waals surface area (Å²) in [6, 6.07) is 83.8. The Kier molecular flexibility index (Phi) is 22.4. The van der Waals surface area contributed by atoms with Crippen LogP contribution in [0.15, 0.2) is 231 Å². The Morgan fingerprint density at radius 1 is 0.368 bits per heavy atom. The first-order chi connectivity index (χ1) is 31.7. The van der Waals surface area contributed by atoms with Gasteiger partial charge < -0.3 is 14.9 Å². The molecule has 4 heteroatoms. The fourth-order valence-corrected chi connectivity index (χ4v) is 9.45. The van der Waals surface area contributed by atoms with E-state index in [1.807, 2.05) is 0 Å². The first kappa shape index (κ1) is 55.3. The fourth-order valence-electron chi connectivity index (χ4n) is 9.45. The average molecular weight is 1020 g/mol. The summed E-state index contributed by atoms with van der Waals surface area (Å²) in [6.45, 7) is 7.66. The zero-order chi connectivity index (χ0) is 44.1. The predicted octanol–water partition coefficient (Wildman–Crippen LogP) is 18.6. The van der Waals surface area contributed by atoms with E-state index in [4.69, 9.17) is 0 Å². The SMILES string of the molecule is CCC(Cc1cc2c(-c3ccccc3)ccc(-c3ccccc3)c2[cH-]1)c1ccccc1.CCC(Cc1cc2c(-c3ccccc3)ccc(-c3ccccc3)c2[cH-]1)c1ccccc1.Cl.Cl.[CH3-].[CH3-].[Si]=[Zr]. The van der Waals surface area contributed by atoms with Crippen molar-refractivity contribution < 1.29 is 23.3 Å². The van der Waals surface area contributed by atoms with Crippen molar-refractivity contribution in [3.63, 3.8) is 0 Å². The second kappa shape index (κ2) is 27.6. The fraction of sp³-hybridized carbons (Fsp3) is 0.125. The molecule has 2 unspecified atom stereocenters. The second-order valence-electron chi connectivity index (χ2n) is 16.6. The van der Waals surface area contributed by atoms with E-state index in [1.54, 1.807) is 0 Å². The van der Waals surface area contributed by atoms with Crippen LogP contribution in [0.5, 0.6) is 0 Å². The number of hydrogen-bond acceptors (Lipinski definition) is 0. The third-order valence-corrected chi connectivity index (χ3v) is 12.7. The summed E-state index contributed by atoms with van der Waals surface area (Å²) in [7, 11) is 0. The molecule has 0 bridgehead atoms. The number of hydrogen-bond donors (Lipinski definition) is 0. The third kappa shape index (κ3) is 13.0. The zero-order valence-electron chi connectivity index (χ0n) is 39.7. The maximum absolute atomic E-state index is 3.06. The van der Waals surface area contributed by atoms with Gasteiger partial charge in [-0.05, 0) is 59.8 Å². The molecule has 10 aromatic rings. The Labute approximate surface area is 436 Å². The van der Waals surface area contributed by atoms with Crippen molar-refractivity contribution in [1.82, 2.24) is 0 Å². The molecule has 0 amide bonds. The number of fused-ring (bicyclic) bond motifs is 2. The molecule has 0 fully saturated rings. The van der Waals surface area contributed by atoms with E-state index in [0.717, 1.165) is 25.7 Å². The van der Waals surface area contributed by atoms with E-state index in [9.17, 15) is 0 Å². The summed E-state index contributed by atoms with van der Waals surface area (Å²) in [5, 5.41) is 5.41. The van der Waals surface area contributed by atoms with E-state index in [1.165, 1.54) is 112 Å². The summed E-state index contributed by atoms with van der Waals surface area (Å²) in [5.41, 5.74) is 16.1. The second-order valence-corrected chi connectivity index (χ2v) is 16.6. The quantitative estimate of drug-likeness (QED) is 0.0845. The van der Waals surface area contributed by atoms with Gasteiger partial charge in [0.2, 0.25) is 0 Å². The van der Waals surface area contributed by atoms with E-state index < -0.39 is 0 Å². The normalized spacial score (nSPS) is 11.1. The molecule has 0 saturated heterocycles. The Balaban J connectivity index is 0.000000271. The van der Waals surface area contributed by atoms with Gasteiger partial charge in [0, 0.05) is 0 Å². The third-order valence-electron chi connectivity index (χ3n) is 12.7. The summed E-state index contributed by atoms with van der Waals surface area (Å²) in [6.07, 6.45) is 4.42. The summed E-state index contributed by atoms with van der Waals surface area (Å²) < 4.78 is 0. The summed E-state index contributed by atoms with van der Waals surface area (Å²) >= 11 is 1.36. The van der Waals surface area contributed by atoms with Crippen LogP contribution in [0.3, 0.4) is 0 Å². The zero-order valence-corrected chi connectivity index (χ0v) is 44.8. The van der Waals surface area contributed by atoms with Gasteiger partial charge in [-0.3, -0.25) is 0 Å². The van der Waals surface area contributed by atoms with Gasteiger partial charge >= 0.3 is 30.2 Å². The van der Waals surface area contributed by atoms with Gasteiger partial charge in [-0.25, -0.2) is 0 Å². The van der Waals surface area contributed by atoms with Crippen molar-refractivity contribution in [3.8, 4) is 44.5 Å². The van der Waals surface area contributed by atoms with Crippen molar-refractivity contribution in [3.05, 3.63) is 268 Å². The monoisotopic (exact) mass is 1020 g/mol. The molecule has 0 nitrogen and oxygen atoms in total. The molecular formula is C64H62Cl2SiZr-4. The van der Waals surface area contributed by atoms with Gasteiger partial charge in [0.15, 0.2) is 0 Å². The van der Waals surface area contributed by atoms with Crippen LogP contribution >= 0.6 is 24.8 Å². The molecule has 0 aromatic heterocycles. The topological polar surface area (TPSA) is 0 Å². The van der Waals surface area contributed by atoms with Crippen molar-refractivity contribution in [2.24, 2.45) is 0 Å². The van der Waals surface area contributed by atoms with Gasteiger partial charge in [-0.1, -0.05) is 253 Å². The molecule has 2 atom stereocenters. The Bertz CT molecular complexity index is 2620. The van der Waals surface area contributed by atoms with Crippen LogP contribution in [0.2, 0.25) is 0 Å². The van der Waals surface area contributed by atoms with Crippen LogP contribution in [-0.4, -0.2) is 6.88 Å². The molecule has 10 aromatic carbocycles. The molecule has 0 aliphatic rings. The van der Waals surface area contributed by atoms with Crippen molar-refractivity contribution in [2.45, 2.75) is 51.4 Å². The molecule has 0 aliphatic carbocycles. The summed E-state index contributed by atoms with van der Waals surface area (Å²) in [4.78, 5) is 0. The molecule has 0 N–H and O–H groups in total. The molecule has 0 spiro atoms. The van der Waals surface area contributed by atoms with E-state index in [-0.39, 0.29) is 39.7 Å². The van der Waals surface area contributed by atoms with Crippen LogP contribution < -0.4 is 0 Å². The van der Waals surface area contributed by atoms with Gasteiger partial charge in [0.1, 0.15) is 0 Å². The molecule has 0 saturated carbocycles. The minimum atomic E-state index is 0. The Morgan fingerprint density at radius 2 is 0.618 bits per heavy atom. The van der Waals surface area contributed by atoms with Gasteiger partial charge in [0.05, 0.1) is 0 Å². The number of benzene rings is 8. The Hall–Kier alpha value is -5.34. The van der Waals surface area contributed by atoms with Crippen LogP contribution in [0.4, 0.5) is 0 Å². The molecule has 68 heavy (non-hydrogen) atoms. The van der Waals surface area contributed by atoms with Gasteiger partial charge in [-0.2, -0.15) is 12.1 Å². The average Bonchev–Trinajstić information content (AvgIpc) is 4.01. The predicted molar refractivity (Wildman–Crippen MR) is 300 cm³/mol. The van der Waals surface area contributed by atoms with Crippen LogP contribution in [-0.2, 0) is 36.2 Å². The molecular weight excluding hydrogens is 959 g/mol. The first-order valence-electron chi connectivity index (χ1n) is 22.7. The van der Waals surface area contributed by atoms with Crippen molar-refractivity contribution in [1.29, 1.82) is 0 Å². The number of rotatable bonds is 12. The van der Waals surface area contributed by atoms with Crippen LogP contribution in [0.25, 0.3) is 66.1 Å². The molecule has 2 radical (unpaired) electrons. The molecule has 344 valence electrons. The minimum absolute atomic E-state index is 0. The summed E-state index contributed by atoms with van der Waals surface area (Å²) in [5.74, 6) is 1.08. The van der Waals surface area contributed by atoms with E-state index in [0.29, 0.717) is 11.8 Å². The van der Waals surface area contributed by atoms with Gasteiger partial charge in [0.25, 0.3) is 0 Å². The van der Waals surface area contributed by atoms with Crippen molar-refractivity contribution >= 4 is 53.2 Å². The van der Waals surface area contributed by atoms with Crippen molar-refractivity contribution in [2.75, 3.05) is 0 Å². The molecule has 0 heterocycles. The number of halogens is 2. The van der Waals surface area contributed by atoms with Crippen LogP contribution in [0, 0.1) is 14.9 Å². The van der Waals surface area contributed by atoms with E-state index in [2.05, 4.69) is 251 Å². The van der Waals surface area contributed by atoms with E-state index >= 15 is 0 Å². The van der Waals surface area contributed by atoms with Crippen LogP contribution in [0.1, 0.15) is 60.8 Å². The first-order valence-corrected chi connectivity index (χ1v) is 26.9. The standard InChI is InChI=1S/2C31H27.2CH3.2ClH.Si.Zr/c2*1-2-24(25-12-6-3-7-13-25)20-23-21-30-28(26-14-8-4-9-15-26)18-19-29(31(30)22-23)27-16-10-5-11-17-27;;;;;;/h2*3-19,21-22,24H,2,20H2,1H3;2*1H3;2*1H;;/q4*-1;;;;. The Morgan fingerprint density at radius 3 is 0.897 bits per heavy atom. The maximum atomic E-state index is 3.06. The molecule has 0 aliphatic heterocycles. The van der Waals surface area contributed by atoms with Gasteiger partial charge in [-0.15, -0.1) is 69.6 Å².